The van der Waals surface area contributed by atoms with E-state index in [0.717, 1.165) is 36.9 Å². The minimum Gasteiger partial charge on any atom is -0.334 e. The summed E-state index contributed by atoms with van der Waals surface area (Å²) >= 11 is 0. The van der Waals surface area contributed by atoms with Crippen LogP contribution in [-0.2, 0) is 32.5 Å². The van der Waals surface area contributed by atoms with E-state index in [4.69, 9.17) is 6.58 Å². The monoisotopic (exact) mass is 1170 g/mol. The van der Waals surface area contributed by atoms with Gasteiger partial charge in [-0.1, -0.05) is 256 Å². The lowest BCUT2D eigenvalue weighted by Gasteiger charge is -2.51. The Morgan fingerprint density at radius 2 is 0.966 bits per heavy atom. The minimum atomic E-state index is -0.254. The van der Waals surface area contributed by atoms with Crippen molar-refractivity contribution in [3.05, 3.63) is 251 Å². The fourth-order valence-electron chi connectivity index (χ4n) is 16.7. The molecule has 14 rings (SSSR count). The van der Waals surface area contributed by atoms with Crippen molar-refractivity contribution in [3.8, 4) is 11.1 Å². The van der Waals surface area contributed by atoms with Gasteiger partial charge in [-0.15, -0.1) is 0 Å². The zero-order valence-corrected chi connectivity index (χ0v) is 55.9. The van der Waals surface area contributed by atoms with Crippen molar-refractivity contribution in [1.82, 2.24) is 0 Å². The van der Waals surface area contributed by atoms with Crippen molar-refractivity contribution < 1.29 is 0 Å². The first-order valence-corrected chi connectivity index (χ1v) is 33.3. The number of para-hydroxylation sites is 2. The van der Waals surface area contributed by atoms with Crippen LogP contribution in [0.1, 0.15) is 198 Å². The van der Waals surface area contributed by atoms with E-state index >= 15 is 0 Å². The molecule has 1 saturated carbocycles. The first-order valence-electron chi connectivity index (χ1n) is 33.3. The number of nitrogens with zero attached hydrogens (tertiary/aromatic N) is 3. The predicted octanol–water partition coefficient (Wildman–Crippen LogP) is 21.3. The number of fused-ring (bicyclic) bond motifs is 8. The van der Waals surface area contributed by atoms with Gasteiger partial charge in [0.05, 0.1) is 11.2 Å². The van der Waals surface area contributed by atoms with Crippen LogP contribution in [0.2, 0.25) is 0 Å². The molecule has 0 spiro atoms. The number of rotatable bonds is 8. The SMILES string of the molecule is C=C(c1ccc(C(C)(C)C)cc1)C(c1ccc(C(C)(C)C)cc1)c1ccc2c(c1)C1(C)CCCCC1(C)N2c1cc2c3c(c1)N(c1ccc(C(C)(C)C)cc1-c1ccccc1)c1cc4c(cc1B3c1ccccc1N2c1ccccc1)C(C)(C)CCC4(C)C. The second-order valence-corrected chi connectivity index (χ2v) is 32.1. The third kappa shape index (κ3) is 9.41. The maximum atomic E-state index is 5.04. The smallest absolute Gasteiger partial charge is 0.252 e. The average molecular weight is 1170 g/mol. The highest BCUT2D eigenvalue weighted by molar-refractivity contribution is 7.00. The first kappa shape index (κ1) is 58.8. The van der Waals surface area contributed by atoms with Crippen LogP contribution >= 0.6 is 0 Å². The molecule has 9 aromatic carbocycles. The van der Waals surface area contributed by atoms with Crippen LogP contribution in [0.3, 0.4) is 0 Å². The Bertz CT molecular complexity index is 4260. The second kappa shape index (κ2) is 20.6. The molecular weight excluding hydrogens is 1070 g/mol. The van der Waals surface area contributed by atoms with Crippen LogP contribution < -0.4 is 31.1 Å². The Kier molecular flexibility index (Phi) is 13.6. The van der Waals surface area contributed by atoms with Gasteiger partial charge in [0, 0.05) is 56.7 Å². The van der Waals surface area contributed by atoms with Crippen LogP contribution in [-0.4, -0.2) is 12.3 Å². The van der Waals surface area contributed by atoms with Crippen molar-refractivity contribution in [2.75, 3.05) is 14.7 Å². The van der Waals surface area contributed by atoms with Crippen LogP contribution in [0.15, 0.2) is 201 Å². The van der Waals surface area contributed by atoms with Gasteiger partial charge in [-0.25, -0.2) is 0 Å². The van der Waals surface area contributed by atoms with Gasteiger partial charge in [0.15, 0.2) is 0 Å². The van der Waals surface area contributed by atoms with Crippen molar-refractivity contribution in [1.29, 1.82) is 0 Å². The van der Waals surface area contributed by atoms with Crippen molar-refractivity contribution >= 4 is 74.2 Å². The molecule has 0 N–H and O–H groups in total. The largest absolute Gasteiger partial charge is 0.334 e. The van der Waals surface area contributed by atoms with Crippen molar-refractivity contribution in [3.63, 3.8) is 0 Å². The van der Waals surface area contributed by atoms with Gasteiger partial charge in [0.2, 0.25) is 0 Å². The zero-order valence-electron chi connectivity index (χ0n) is 55.9. The standard InChI is InChI=1S/C85H92BN3/c1-55(56-33-38-60(39-34-56)79(2,3)4)77(58-35-40-61(41-36-58)80(5,6)7)59-37-43-72-68(49-59)84(15)45-25-26-46-85(84,16)89(72)64-51-75-78-76(52-64)88(71-44-42-62(81(8,9)10)50-65(71)57-27-19-17-20-28-57)74-54-67-66(82(11,12)47-48-83(67,13)14)53-70(74)86(78)69-31-23-24-32-73(69)87(75)63-29-21-18-22-30-63/h17-24,27-44,49-54,77H,1,25-26,45-48H2,2-16H3. The van der Waals surface area contributed by atoms with Crippen molar-refractivity contribution in [2.24, 2.45) is 0 Å². The molecule has 450 valence electrons. The molecule has 0 bridgehead atoms. The second-order valence-electron chi connectivity index (χ2n) is 32.1. The predicted molar refractivity (Wildman–Crippen MR) is 384 cm³/mol. The van der Waals surface area contributed by atoms with Gasteiger partial charge in [-0.3, -0.25) is 0 Å². The van der Waals surface area contributed by atoms with E-state index < -0.39 is 0 Å². The van der Waals surface area contributed by atoms with Crippen molar-refractivity contribution in [2.45, 2.75) is 186 Å². The Morgan fingerprint density at radius 1 is 0.427 bits per heavy atom. The highest BCUT2D eigenvalue weighted by atomic mass is 15.3. The molecule has 5 aliphatic rings. The molecule has 89 heavy (non-hydrogen) atoms. The Hall–Kier alpha value is -7.82. The third-order valence-electron chi connectivity index (χ3n) is 22.4. The van der Waals surface area contributed by atoms with Crippen LogP contribution in [0.5, 0.6) is 0 Å². The lowest BCUT2D eigenvalue weighted by Crippen LogP contribution is -2.62. The summed E-state index contributed by atoms with van der Waals surface area (Å²) in [4.78, 5) is 8.21. The summed E-state index contributed by atoms with van der Waals surface area (Å²) in [7, 11) is 0. The minimum absolute atomic E-state index is 0.0119. The summed E-state index contributed by atoms with van der Waals surface area (Å²) in [6.07, 6.45) is 6.84. The maximum Gasteiger partial charge on any atom is 0.252 e. The van der Waals surface area contributed by atoms with E-state index in [1.165, 1.54) is 130 Å². The lowest BCUT2D eigenvalue weighted by molar-refractivity contribution is 0.195. The Labute approximate surface area is 534 Å². The van der Waals surface area contributed by atoms with E-state index in [2.05, 4.69) is 313 Å². The fraction of sp³-hybridized carbons (Fsp3) is 0.341. The number of allylic oxidation sites excluding steroid dienone is 1. The van der Waals surface area contributed by atoms with Gasteiger partial charge in [0.25, 0.3) is 6.71 Å². The molecule has 0 saturated heterocycles. The van der Waals surface area contributed by atoms with Gasteiger partial charge in [0.1, 0.15) is 0 Å². The van der Waals surface area contributed by atoms with Gasteiger partial charge >= 0.3 is 0 Å². The zero-order chi connectivity index (χ0) is 62.5. The summed E-state index contributed by atoms with van der Waals surface area (Å²) < 4.78 is 0. The summed E-state index contributed by atoms with van der Waals surface area (Å²) in [5.74, 6) is -0.0506. The molecule has 3 aliphatic heterocycles. The molecule has 0 amide bonds. The van der Waals surface area contributed by atoms with Crippen LogP contribution in [0, 0.1) is 0 Å². The summed E-state index contributed by atoms with van der Waals surface area (Å²) in [5.41, 5.74) is 29.4. The van der Waals surface area contributed by atoms with E-state index in [0.29, 0.717) is 0 Å². The number of anilines is 8. The molecular formula is C85H92BN3. The molecule has 1 fully saturated rings. The maximum absolute atomic E-state index is 5.04. The summed E-state index contributed by atoms with van der Waals surface area (Å²) in [5, 5.41) is 0. The summed E-state index contributed by atoms with van der Waals surface area (Å²) in [6.45, 7) is 41.1. The number of hydrogen-bond donors (Lipinski definition) is 0. The molecule has 9 aromatic rings. The van der Waals surface area contributed by atoms with Gasteiger partial charge in [-0.05, 0) is 192 Å². The molecule has 2 aliphatic carbocycles. The highest BCUT2D eigenvalue weighted by Gasteiger charge is 2.58. The Balaban J connectivity index is 1.05. The topological polar surface area (TPSA) is 9.72 Å². The number of hydrogen-bond acceptors (Lipinski definition) is 3. The summed E-state index contributed by atoms with van der Waals surface area (Å²) in [6, 6.07) is 76.2. The molecule has 0 aromatic heterocycles. The molecule has 3 nitrogen and oxygen atoms in total. The van der Waals surface area contributed by atoms with E-state index in [9.17, 15) is 0 Å². The first-order chi connectivity index (χ1) is 42.2. The number of benzene rings is 9. The van der Waals surface area contributed by atoms with E-state index in [1.807, 2.05) is 0 Å². The normalized spacial score (nSPS) is 20.0. The van der Waals surface area contributed by atoms with E-state index in [1.54, 1.807) is 0 Å². The lowest BCUT2D eigenvalue weighted by atomic mass is 9.33. The molecule has 3 heterocycles. The highest BCUT2D eigenvalue weighted by Crippen LogP contribution is 2.63. The third-order valence-corrected chi connectivity index (χ3v) is 22.4. The average Bonchev–Trinajstić information content (AvgIpc) is 1.68. The molecule has 3 unspecified atom stereocenters. The fourth-order valence-corrected chi connectivity index (χ4v) is 16.7. The molecule has 0 radical (unpaired) electrons. The quantitative estimate of drug-likeness (QED) is 0.140. The molecule has 3 atom stereocenters. The molecule has 4 heteroatoms. The Morgan fingerprint density at radius 3 is 1.61 bits per heavy atom. The van der Waals surface area contributed by atoms with Gasteiger partial charge < -0.3 is 14.7 Å². The van der Waals surface area contributed by atoms with Crippen LogP contribution in [0.4, 0.5) is 45.5 Å². The van der Waals surface area contributed by atoms with Crippen LogP contribution in [0.25, 0.3) is 16.7 Å². The van der Waals surface area contributed by atoms with Gasteiger partial charge in [-0.2, -0.15) is 0 Å². The van der Waals surface area contributed by atoms with E-state index in [-0.39, 0.29) is 50.7 Å².